The summed E-state index contributed by atoms with van der Waals surface area (Å²) >= 11 is 1.90. The molecule has 0 N–H and O–H groups in total. The van der Waals surface area contributed by atoms with Crippen LogP contribution in [0.4, 0.5) is 0 Å². The Balaban J connectivity index is 1.09. The zero-order valence-corrected chi connectivity index (χ0v) is 29.7. The number of benzene rings is 10. The molecule has 0 amide bonds. The Bertz CT molecular complexity index is 3170. The van der Waals surface area contributed by atoms with Crippen LogP contribution in [-0.4, -0.2) is 0 Å². The Hall–Kier alpha value is -6.54. The molecule has 0 aliphatic rings. The van der Waals surface area contributed by atoms with Gasteiger partial charge < -0.3 is 0 Å². The van der Waals surface area contributed by atoms with Crippen LogP contribution in [0.25, 0.3) is 108 Å². The fourth-order valence-corrected chi connectivity index (χ4v) is 9.83. The highest BCUT2D eigenvalue weighted by atomic mass is 32.1. The van der Waals surface area contributed by atoms with Crippen LogP contribution in [0, 0.1) is 0 Å². The molecule has 0 saturated carbocycles. The topological polar surface area (TPSA) is 0 Å². The van der Waals surface area contributed by atoms with Crippen molar-refractivity contribution in [1.82, 2.24) is 0 Å². The van der Waals surface area contributed by atoms with E-state index in [0.29, 0.717) is 0 Å². The molecule has 53 heavy (non-hydrogen) atoms. The molecule has 1 heteroatoms. The van der Waals surface area contributed by atoms with Crippen molar-refractivity contribution in [2.45, 2.75) is 0 Å². The number of hydrogen-bond donors (Lipinski definition) is 0. The van der Waals surface area contributed by atoms with Crippen molar-refractivity contribution in [3.63, 3.8) is 0 Å². The predicted octanol–water partition coefficient (Wildman–Crippen LogP) is 15.3. The average molecular weight is 689 g/mol. The van der Waals surface area contributed by atoms with Gasteiger partial charge in [-0.1, -0.05) is 170 Å². The fourth-order valence-electron chi connectivity index (χ4n) is 8.61. The highest BCUT2D eigenvalue weighted by molar-refractivity contribution is 7.26. The van der Waals surface area contributed by atoms with Gasteiger partial charge in [0.25, 0.3) is 0 Å². The summed E-state index contributed by atoms with van der Waals surface area (Å²) in [6.45, 7) is 0. The van der Waals surface area contributed by atoms with Crippen LogP contribution in [0.2, 0.25) is 0 Å². The van der Waals surface area contributed by atoms with E-state index in [9.17, 15) is 0 Å². The zero-order valence-electron chi connectivity index (χ0n) is 28.9. The van der Waals surface area contributed by atoms with Crippen molar-refractivity contribution in [1.29, 1.82) is 0 Å². The van der Waals surface area contributed by atoms with Crippen molar-refractivity contribution in [2.75, 3.05) is 0 Å². The Morgan fingerprint density at radius 2 is 0.755 bits per heavy atom. The van der Waals surface area contributed by atoms with E-state index in [-0.39, 0.29) is 0 Å². The van der Waals surface area contributed by atoms with E-state index in [2.05, 4.69) is 194 Å². The second kappa shape index (κ2) is 12.0. The van der Waals surface area contributed by atoms with Gasteiger partial charge >= 0.3 is 0 Å². The molecule has 0 bridgehead atoms. The highest BCUT2D eigenvalue weighted by Crippen LogP contribution is 2.46. The molecule has 0 radical (unpaired) electrons. The molecule has 11 rings (SSSR count). The molecule has 1 aromatic heterocycles. The molecule has 0 nitrogen and oxygen atoms in total. The van der Waals surface area contributed by atoms with E-state index in [1.165, 1.54) is 108 Å². The van der Waals surface area contributed by atoms with Crippen LogP contribution in [0.1, 0.15) is 0 Å². The summed E-state index contributed by atoms with van der Waals surface area (Å²) in [7, 11) is 0. The van der Waals surface area contributed by atoms with Crippen molar-refractivity contribution in [3.8, 4) is 44.5 Å². The zero-order chi connectivity index (χ0) is 34.9. The van der Waals surface area contributed by atoms with E-state index in [1.54, 1.807) is 0 Å². The van der Waals surface area contributed by atoms with E-state index in [0.717, 1.165) is 0 Å². The fraction of sp³-hybridized carbons (Fsp3) is 0. The molecular weight excluding hydrogens is 657 g/mol. The number of rotatable bonds is 4. The highest BCUT2D eigenvalue weighted by Gasteiger charge is 2.18. The molecule has 11 aromatic rings. The molecule has 0 unspecified atom stereocenters. The predicted molar refractivity (Wildman–Crippen MR) is 231 cm³/mol. The van der Waals surface area contributed by atoms with Crippen molar-refractivity contribution >= 4 is 74.6 Å². The molecule has 1 heterocycles. The Labute approximate surface area is 311 Å². The first-order valence-electron chi connectivity index (χ1n) is 18.3. The summed E-state index contributed by atoms with van der Waals surface area (Å²) in [6, 6.07) is 71.7. The summed E-state index contributed by atoms with van der Waals surface area (Å²) in [4.78, 5) is 0. The molecule has 0 atom stereocenters. The van der Waals surface area contributed by atoms with Gasteiger partial charge in [-0.25, -0.2) is 0 Å². The lowest BCUT2D eigenvalue weighted by atomic mass is 9.85. The summed E-state index contributed by atoms with van der Waals surface area (Å²) < 4.78 is 2.69. The molecule has 0 fully saturated rings. The molecular formula is C52H32S. The summed E-state index contributed by atoms with van der Waals surface area (Å²) in [6.07, 6.45) is 0. The lowest BCUT2D eigenvalue weighted by molar-refractivity contribution is 1.62. The molecule has 0 saturated heterocycles. The van der Waals surface area contributed by atoms with Gasteiger partial charge in [0.1, 0.15) is 0 Å². The standard InChI is InChI=1S/C52H32S/c1-3-19-40-33(12-1)14-11-25-41(40)37-16-10-18-39(31-37)51-45-23-7-5-21-43(45)50(44-22-6-8-24-46(44)51)38-17-9-15-35(30-38)36-27-29-49-48(32-36)47-28-26-34-13-2-4-20-42(34)52(47)53-49/h1-32H. The van der Waals surface area contributed by atoms with Crippen molar-refractivity contribution in [3.05, 3.63) is 194 Å². The maximum Gasteiger partial charge on any atom is 0.0433 e. The van der Waals surface area contributed by atoms with Gasteiger partial charge in [0, 0.05) is 20.2 Å². The largest absolute Gasteiger partial charge is 0.135 e. The second-order valence-corrected chi connectivity index (χ2v) is 15.1. The monoisotopic (exact) mass is 688 g/mol. The number of fused-ring (bicyclic) bond motifs is 8. The number of thiophene rings is 1. The lowest BCUT2D eigenvalue weighted by Crippen LogP contribution is -1.91. The molecule has 0 aliphatic heterocycles. The second-order valence-electron chi connectivity index (χ2n) is 14.0. The van der Waals surface area contributed by atoms with E-state index >= 15 is 0 Å². The van der Waals surface area contributed by atoms with Gasteiger partial charge in [-0.15, -0.1) is 11.3 Å². The first kappa shape index (κ1) is 30.1. The van der Waals surface area contributed by atoms with E-state index in [4.69, 9.17) is 0 Å². The van der Waals surface area contributed by atoms with E-state index < -0.39 is 0 Å². The Morgan fingerprint density at radius 1 is 0.264 bits per heavy atom. The van der Waals surface area contributed by atoms with Crippen LogP contribution in [-0.2, 0) is 0 Å². The van der Waals surface area contributed by atoms with Gasteiger partial charge in [-0.3, -0.25) is 0 Å². The molecule has 0 aliphatic carbocycles. The maximum absolute atomic E-state index is 2.39. The Morgan fingerprint density at radius 3 is 1.43 bits per heavy atom. The molecule has 246 valence electrons. The molecule has 10 aromatic carbocycles. The summed E-state index contributed by atoms with van der Waals surface area (Å²) in [5.41, 5.74) is 9.97. The van der Waals surface area contributed by atoms with Gasteiger partial charge in [-0.05, 0) is 112 Å². The average Bonchev–Trinajstić information content (AvgIpc) is 3.61. The van der Waals surface area contributed by atoms with Crippen LogP contribution in [0.5, 0.6) is 0 Å². The van der Waals surface area contributed by atoms with Gasteiger partial charge in [-0.2, -0.15) is 0 Å². The van der Waals surface area contributed by atoms with Gasteiger partial charge in [0.05, 0.1) is 0 Å². The van der Waals surface area contributed by atoms with Crippen LogP contribution >= 0.6 is 11.3 Å². The third-order valence-corrected chi connectivity index (χ3v) is 12.2. The number of hydrogen-bond acceptors (Lipinski definition) is 1. The quantitative estimate of drug-likeness (QED) is 0.162. The SMILES string of the molecule is c1cc(-c2ccc3sc4c5ccccc5ccc4c3c2)cc(-c2c3ccccc3c(-c3cccc(-c4cccc5ccccc45)c3)c3ccccc23)c1. The lowest BCUT2D eigenvalue weighted by Gasteiger charge is -2.19. The van der Waals surface area contributed by atoms with Crippen LogP contribution < -0.4 is 0 Å². The van der Waals surface area contributed by atoms with Crippen molar-refractivity contribution in [2.24, 2.45) is 0 Å². The molecule has 0 spiro atoms. The van der Waals surface area contributed by atoms with Crippen LogP contribution in [0.15, 0.2) is 194 Å². The third kappa shape index (κ3) is 4.82. The summed E-state index contributed by atoms with van der Waals surface area (Å²) in [5.74, 6) is 0. The third-order valence-electron chi connectivity index (χ3n) is 11.0. The van der Waals surface area contributed by atoms with Crippen LogP contribution in [0.3, 0.4) is 0 Å². The Kier molecular flexibility index (Phi) is 6.83. The van der Waals surface area contributed by atoms with Gasteiger partial charge in [0.2, 0.25) is 0 Å². The minimum absolute atomic E-state index is 1.23. The summed E-state index contributed by atoms with van der Waals surface area (Å²) in [5, 5.41) is 12.9. The van der Waals surface area contributed by atoms with Gasteiger partial charge in [0.15, 0.2) is 0 Å². The first-order chi connectivity index (χ1) is 26.3. The smallest absolute Gasteiger partial charge is 0.0433 e. The van der Waals surface area contributed by atoms with E-state index in [1.807, 2.05) is 11.3 Å². The minimum Gasteiger partial charge on any atom is -0.135 e. The maximum atomic E-state index is 2.39. The first-order valence-corrected chi connectivity index (χ1v) is 19.1. The minimum atomic E-state index is 1.23. The van der Waals surface area contributed by atoms with Crippen molar-refractivity contribution < 1.29 is 0 Å². The normalized spacial score (nSPS) is 11.8.